The molecule has 0 aromatic heterocycles. The number of esters is 2. The number of ketones is 2. The molecule has 0 N–H and O–H groups in total. The molecular weight excluding hydrogens is 464 g/mol. The molecule has 0 saturated heterocycles. The van der Waals surface area contributed by atoms with Crippen LogP contribution in [0.15, 0.2) is 48.6 Å². The average Bonchev–Trinajstić information content (AvgIpc) is 2.85. The minimum Gasteiger partial charge on any atom is -0.493 e. The van der Waals surface area contributed by atoms with Crippen LogP contribution < -0.4 is 18.9 Å². The van der Waals surface area contributed by atoms with Crippen molar-refractivity contribution in [3.05, 3.63) is 59.7 Å². The summed E-state index contributed by atoms with van der Waals surface area (Å²) >= 11 is 0. The minimum atomic E-state index is -0.454. The van der Waals surface area contributed by atoms with Crippen LogP contribution in [0.4, 0.5) is 0 Å². The van der Waals surface area contributed by atoms with E-state index in [4.69, 9.17) is 18.9 Å². The topological polar surface area (TPSA) is 105 Å². The van der Waals surface area contributed by atoms with Gasteiger partial charge in [-0.15, -0.1) is 0 Å². The van der Waals surface area contributed by atoms with E-state index in [0.29, 0.717) is 24.3 Å². The molecule has 2 aromatic rings. The van der Waals surface area contributed by atoms with E-state index >= 15 is 0 Å². The van der Waals surface area contributed by atoms with E-state index in [1.54, 1.807) is 48.6 Å². The Bertz CT molecular complexity index is 1070. The number of rotatable bonds is 13. The number of carbonyl (C=O) groups excluding carboxylic acids is 4. The van der Waals surface area contributed by atoms with Gasteiger partial charge in [0.1, 0.15) is 0 Å². The van der Waals surface area contributed by atoms with Crippen molar-refractivity contribution in [1.82, 2.24) is 0 Å². The number of methoxy groups -OCH3 is 2. The van der Waals surface area contributed by atoms with Gasteiger partial charge in [0, 0.05) is 12.8 Å². The molecule has 0 radical (unpaired) electrons. The predicted octanol–water partition coefficient (Wildman–Crippen LogP) is 4.98. The van der Waals surface area contributed by atoms with Crippen LogP contribution in [-0.4, -0.2) is 37.7 Å². The molecule has 190 valence electrons. The molecule has 0 fully saturated rings. The molecule has 0 aliphatic rings. The maximum atomic E-state index is 12.2. The summed E-state index contributed by atoms with van der Waals surface area (Å²) in [5.74, 6) is 0.219. The normalized spacial score (nSPS) is 10.9. The lowest BCUT2D eigenvalue weighted by Gasteiger charge is -2.11. The summed E-state index contributed by atoms with van der Waals surface area (Å²) in [6.07, 6.45) is 7.25. The van der Waals surface area contributed by atoms with Crippen molar-refractivity contribution in [2.75, 3.05) is 14.2 Å². The summed E-state index contributed by atoms with van der Waals surface area (Å²) in [5.41, 5.74) is 1.47. The van der Waals surface area contributed by atoms with E-state index in [1.165, 1.54) is 40.2 Å². The van der Waals surface area contributed by atoms with Gasteiger partial charge in [-0.3, -0.25) is 19.2 Å². The van der Waals surface area contributed by atoms with Crippen LogP contribution in [0.3, 0.4) is 0 Å². The third-order valence-corrected chi connectivity index (χ3v) is 4.86. The molecule has 2 aromatic carbocycles. The molecule has 0 amide bonds. The van der Waals surface area contributed by atoms with Gasteiger partial charge in [0.25, 0.3) is 0 Å². The van der Waals surface area contributed by atoms with Gasteiger partial charge in [0.15, 0.2) is 34.6 Å². The average molecular weight is 495 g/mol. The van der Waals surface area contributed by atoms with E-state index in [0.717, 1.165) is 11.1 Å². The monoisotopic (exact) mass is 494 g/mol. The molecule has 0 atom stereocenters. The van der Waals surface area contributed by atoms with Crippen LogP contribution in [0.2, 0.25) is 0 Å². The van der Waals surface area contributed by atoms with Crippen LogP contribution in [0.5, 0.6) is 23.0 Å². The Morgan fingerprint density at radius 3 is 1.36 bits per heavy atom. The molecular formula is C28H30O8. The molecule has 0 spiro atoms. The van der Waals surface area contributed by atoms with Crippen molar-refractivity contribution >= 4 is 35.7 Å². The van der Waals surface area contributed by atoms with E-state index in [-0.39, 0.29) is 35.9 Å². The molecule has 0 aliphatic heterocycles. The van der Waals surface area contributed by atoms with Crippen molar-refractivity contribution in [3.63, 3.8) is 0 Å². The first-order chi connectivity index (χ1) is 17.2. The predicted molar refractivity (Wildman–Crippen MR) is 135 cm³/mol. The van der Waals surface area contributed by atoms with Crippen molar-refractivity contribution in [2.45, 2.75) is 39.5 Å². The molecule has 0 bridgehead atoms. The van der Waals surface area contributed by atoms with Crippen molar-refractivity contribution in [2.24, 2.45) is 0 Å². The maximum Gasteiger partial charge on any atom is 0.311 e. The highest BCUT2D eigenvalue weighted by Gasteiger charge is 2.13. The number of carbonyl (C=O) groups is 4. The van der Waals surface area contributed by atoms with Crippen molar-refractivity contribution in [1.29, 1.82) is 0 Å². The fraction of sp³-hybridized carbons (Fsp3) is 0.286. The van der Waals surface area contributed by atoms with Crippen molar-refractivity contribution < 1.29 is 38.1 Å². The fourth-order valence-electron chi connectivity index (χ4n) is 3.06. The number of unbranched alkanes of at least 4 members (excludes halogenated alkanes) is 1. The lowest BCUT2D eigenvalue weighted by atomic mass is 10.1. The number of hydrogen-bond acceptors (Lipinski definition) is 8. The Balaban J connectivity index is 1.82. The van der Waals surface area contributed by atoms with Crippen LogP contribution in [0.25, 0.3) is 12.2 Å². The van der Waals surface area contributed by atoms with Gasteiger partial charge in [-0.2, -0.15) is 0 Å². The second-order valence-corrected chi connectivity index (χ2v) is 7.86. The van der Waals surface area contributed by atoms with E-state index in [9.17, 15) is 19.2 Å². The highest BCUT2D eigenvalue weighted by Crippen LogP contribution is 2.30. The summed E-state index contributed by atoms with van der Waals surface area (Å²) < 4.78 is 21.3. The molecule has 0 saturated carbocycles. The summed E-state index contributed by atoms with van der Waals surface area (Å²) in [4.78, 5) is 46.6. The fourth-order valence-corrected chi connectivity index (χ4v) is 3.06. The van der Waals surface area contributed by atoms with Crippen LogP contribution in [-0.2, 0) is 19.2 Å². The van der Waals surface area contributed by atoms with Gasteiger partial charge in [0.05, 0.1) is 14.2 Å². The maximum absolute atomic E-state index is 12.2. The molecule has 8 heteroatoms. The SMILES string of the molecule is COc1cc(/C=C/C(C)=O)ccc1OC(=O)CCCCC(=O)Oc1ccc(/C=C/C(C)=O)cc1OC. The molecule has 8 nitrogen and oxygen atoms in total. The minimum absolute atomic E-state index is 0.0797. The number of ether oxygens (including phenoxy) is 4. The molecule has 36 heavy (non-hydrogen) atoms. The standard InChI is InChI=1S/C28H30O8/c1-19(29)9-11-21-13-15-23(25(17-21)33-3)35-27(31)7-5-6-8-28(32)36-24-16-14-22(12-10-20(2)30)18-26(24)34-4/h9-18H,5-8H2,1-4H3/b11-9+,12-10+. The lowest BCUT2D eigenvalue weighted by Crippen LogP contribution is -2.11. The van der Waals surface area contributed by atoms with Gasteiger partial charge in [-0.05, 0) is 74.2 Å². The molecule has 0 unspecified atom stereocenters. The molecule has 0 aliphatic carbocycles. The number of hydrogen-bond donors (Lipinski definition) is 0. The van der Waals surface area contributed by atoms with Gasteiger partial charge in [0.2, 0.25) is 0 Å². The Morgan fingerprint density at radius 2 is 1.03 bits per heavy atom. The number of allylic oxidation sites excluding steroid dienone is 2. The zero-order chi connectivity index (χ0) is 26.5. The smallest absolute Gasteiger partial charge is 0.311 e. The Morgan fingerprint density at radius 1 is 0.639 bits per heavy atom. The molecule has 0 heterocycles. The van der Waals surface area contributed by atoms with E-state index in [1.807, 2.05) is 0 Å². The van der Waals surface area contributed by atoms with E-state index < -0.39 is 11.9 Å². The summed E-state index contributed by atoms with van der Waals surface area (Å²) in [5, 5.41) is 0. The largest absolute Gasteiger partial charge is 0.493 e. The first kappa shape index (κ1) is 28.0. The number of benzene rings is 2. The van der Waals surface area contributed by atoms with Crippen LogP contribution in [0, 0.1) is 0 Å². The second kappa shape index (κ2) is 14.3. The highest BCUT2D eigenvalue weighted by molar-refractivity contribution is 5.92. The third-order valence-electron chi connectivity index (χ3n) is 4.86. The summed E-state index contributed by atoms with van der Waals surface area (Å²) in [6, 6.07) is 9.95. The third kappa shape index (κ3) is 9.58. The van der Waals surface area contributed by atoms with Crippen LogP contribution >= 0.6 is 0 Å². The molecule has 2 rings (SSSR count). The Hall–Kier alpha value is -4.20. The highest BCUT2D eigenvalue weighted by atomic mass is 16.6. The Kier molecular flexibility index (Phi) is 11.1. The first-order valence-electron chi connectivity index (χ1n) is 11.4. The van der Waals surface area contributed by atoms with Gasteiger partial charge in [-0.25, -0.2) is 0 Å². The second-order valence-electron chi connectivity index (χ2n) is 7.86. The van der Waals surface area contributed by atoms with Gasteiger partial charge >= 0.3 is 11.9 Å². The quantitative estimate of drug-likeness (QED) is 0.166. The summed E-state index contributed by atoms with van der Waals surface area (Å²) in [7, 11) is 2.92. The summed E-state index contributed by atoms with van der Waals surface area (Å²) in [6.45, 7) is 2.91. The van der Waals surface area contributed by atoms with Crippen LogP contribution in [0.1, 0.15) is 50.7 Å². The Labute approximate surface area is 210 Å². The van der Waals surface area contributed by atoms with E-state index in [2.05, 4.69) is 0 Å². The zero-order valence-corrected chi connectivity index (χ0v) is 20.9. The lowest BCUT2D eigenvalue weighted by molar-refractivity contribution is -0.136. The first-order valence-corrected chi connectivity index (χ1v) is 11.4. The zero-order valence-electron chi connectivity index (χ0n) is 20.9. The van der Waals surface area contributed by atoms with Gasteiger partial charge in [-0.1, -0.05) is 24.3 Å². The van der Waals surface area contributed by atoms with Gasteiger partial charge < -0.3 is 18.9 Å². The van der Waals surface area contributed by atoms with Crippen molar-refractivity contribution in [3.8, 4) is 23.0 Å².